The fourth-order valence-corrected chi connectivity index (χ4v) is 4.59. The van der Waals surface area contributed by atoms with E-state index in [0.29, 0.717) is 47.3 Å². The van der Waals surface area contributed by atoms with Gasteiger partial charge in [-0.05, 0) is 61.4 Å². The van der Waals surface area contributed by atoms with E-state index in [1.54, 1.807) is 55.5 Å². The molecule has 2 heterocycles. The number of methoxy groups -OCH3 is 1. The van der Waals surface area contributed by atoms with Crippen molar-refractivity contribution in [3.63, 3.8) is 0 Å². The molecule has 0 bridgehead atoms. The topological polar surface area (TPSA) is 111 Å². The normalized spacial score (nSPS) is 16.3. The first-order valence-electron chi connectivity index (χ1n) is 12.7. The van der Waals surface area contributed by atoms with Crippen LogP contribution in [0.1, 0.15) is 35.4 Å². The second-order valence-corrected chi connectivity index (χ2v) is 9.11. The van der Waals surface area contributed by atoms with Crippen LogP contribution >= 0.6 is 0 Å². The fourth-order valence-electron chi connectivity index (χ4n) is 4.59. The minimum absolute atomic E-state index is 0.0881. The van der Waals surface area contributed by atoms with E-state index in [-0.39, 0.29) is 17.2 Å². The van der Waals surface area contributed by atoms with Crippen LogP contribution in [0.2, 0.25) is 0 Å². The Balaban J connectivity index is 1.58. The van der Waals surface area contributed by atoms with E-state index < -0.39 is 17.7 Å². The van der Waals surface area contributed by atoms with Crippen molar-refractivity contribution in [2.24, 2.45) is 0 Å². The van der Waals surface area contributed by atoms with Gasteiger partial charge in [-0.3, -0.25) is 14.5 Å². The lowest BCUT2D eigenvalue weighted by Crippen LogP contribution is -2.29. The van der Waals surface area contributed by atoms with E-state index in [4.69, 9.17) is 18.7 Å². The van der Waals surface area contributed by atoms with E-state index >= 15 is 0 Å². The van der Waals surface area contributed by atoms with Crippen molar-refractivity contribution in [3.05, 3.63) is 107 Å². The molecule has 1 saturated heterocycles. The smallest absolute Gasteiger partial charge is 0.301 e. The summed E-state index contributed by atoms with van der Waals surface area (Å²) in [5.74, 6) is 0.104. The number of Topliss-reactive ketones (excluding diaryl/α,β-unsaturated/α-hetero) is 1. The van der Waals surface area contributed by atoms with E-state index in [1.807, 2.05) is 37.3 Å². The minimum atomic E-state index is -1.01. The number of anilines is 1. The molecule has 1 aliphatic rings. The summed E-state index contributed by atoms with van der Waals surface area (Å²) < 4.78 is 22.3. The van der Waals surface area contributed by atoms with Crippen LogP contribution < -0.4 is 19.1 Å². The van der Waals surface area contributed by atoms with E-state index in [1.165, 1.54) is 12.0 Å². The molecule has 9 nitrogen and oxygen atoms in total. The van der Waals surface area contributed by atoms with Crippen molar-refractivity contribution >= 4 is 23.3 Å². The highest BCUT2D eigenvalue weighted by atomic mass is 16.5. The monoisotopic (exact) mass is 540 g/mol. The van der Waals surface area contributed by atoms with Gasteiger partial charge >= 0.3 is 5.91 Å². The van der Waals surface area contributed by atoms with Gasteiger partial charge in [0, 0.05) is 11.6 Å². The molecule has 3 aromatic carbocycles. The van der Waals surface area contributed by atoms with Crippen molar-refractivity contribution in [2.75, 3.05) is 18.6 Å². The Hall–Kier alpha value is -5.05. The second kappa shape index (κ2) is 11.4. The molecule has 1 aromatic heterocycles. The predicted octanol–water partition coefficient (Wildman–Crippen LogP) is 5.60. The molecule has 0 radical (unpaired) electrons. The van der Waals surface area contributed by atoms with Gasteiger partial charge in [0.2, 0.25) is 0 Å². The van der Waals surface area contributed by atoms with Gasteiger partial charge < -0.3 is 23.8 Å². The third-order valence-electron chi connectivity index (χ3n) is 6.49. The van der Waals surface area contributed by atoms with Crippen LogP contribution in [0.15, 0.2) is 89.0 Å². The van der Waals surface area contributed by atoms with Crippen LogP contribution in [-0.4, -0.2) is 35.7 Å². The number of aryl methyl sites for hydroxylation is 1. The van der Waals surface area contributed by atoms with Gasteiger partial charge in [0.1, 0.15) is 23.9 Å². The zero-order valence-corrected chi connectivity index (χ0v) is 22.3. The van der Waals surface area contributed by atoms with Crippen LogP contribution in [0.4, 0.5) is 5.82 Å². The Labute approximate surface area is 231 Å². The molecular formula is C31H28N2O7. The first-order valence-corrected chi connectivity index (χ1v) is 12.7. The van der Waals surface area contributed by atoms with Crippen LogP contribution in [0.3, 0.4) is 0 Å². The number of rotatable bonds is 9. The van der Waals surface area contributed by atoms with Crippen molar-refractivity contribution in [2.45, 2.75) is 26.5 Å². The maximum absolute atomic E-state index is 13.4. The summed E-state index contributed by atoms with van der Waals surface area (Å²) in [6, 6.07) is 22.0. The summed E-state index contributed by atoms with van der Waals surface area (Å²) >= 11 is 0. The van der Waals surface area contributed by atoms with Crippen LogP contribution in [0.5, 0.6) is 17.2 Å². The highest BCUT2D eigenvalue weighted by Crippen LogP contribution is 2.44. The first-order chi connectivity index (χ1) is 19.4. The lowest BCUT2D eigenvalue weighted by Gasteiger charge is -2.24. The Kier molecular flexibility index (Phi) is 7.54. The number of aromatic nitrogens is 1. The summed E-state index contributed by atoms with van der Waals surface area (Å²) in [7, 11) is 1.51. The lowest BCUT2D eigenvalue weighted by molar-refractivity contribution is -0.132. The van der Waals surface area contributed by atoms with Gasteiger partial charge in [0.05, 0.1) is 25.3 Å². The van der Waals surface area contributed by atoms with Crippen molar-refractivity contribution < 1.29 is 33.4 Å². The Morgan fingerprint density at radius 3 is 2.38 bits per heavy atom. The van der Waals surface area contributed by atoms with Crippen LogP contribution in [0.25, 0.3) is 5.76 Å². The molecule has 204 valence electrons. The number of hydrogen-bond acceptors (Lipinski definition) is 8. The Bertz CT molecular complexity index is 1560. The van der Waals surface area contributed by atoms with Crippen molar-refractivity contribution in [3.8, 4) is 17.2 Å². The number of nitrogens with zero attached hydrogens (tertiary/aromatic N) is 2. The summed E-state index contributed by atoms with van der Waals surface area (Å²) in [6.07, 6.45) is 0. The van der Waals surface area contributed by atoms with E-state index in [2.05, 4.69) is 5.16 Å². The van der Waals surface area contributed by atoms with Gasteiger partial charge in [-0.25, -0.2) is 0 Å². The van der Waals surface area contributed by atoms with Gasteiger partial charge in [-0.15, -0.1) is 0 Å². The van der Waals surface area contributed by atoms with Gasteiger partial charge in [-0.2, -0.15) is 0 Å². The van der Waals surface area contributed by atoms with Gasteiger partial charge in [0.15, 0.2) is 17.3 Å². The van der Waals surface area contributed by atoms with Crippen molar-refractivity contribution in [1.29, 1.82) is 0 Å². The maximum atomic E-state index is 13.4. The lowest BCUT2D eigenvalue weighted by atomic mass is 9.95. The number of aliphatic hydroxyl groups is 1. The third-order valence-corrected chi connectivity index (χ3v) is 6.49. The van der Waals surface area contributed by atoms with Crippen LogP contribution in [-0.2, 0) is 16.2 Å². The first kappa shape index (κ1) is 26.6. The summed E-state index contributed by atoms with van der Waals surface area (Å²) in [6.45, 7) is 4.36. The van der Waals surface area contributed by atoms with Gasteiger partial charge in [-0.1, -0.05) is 41.6 Å². The zero-order valence-electron chi connectivity index (χ0n) is 22.3. The van der Waals surface area contributed by atoms with E-state index in [9.17, 15) is 14.7 Å². The molecule has 0 saturated carbocycles. The summed E-state index contributed by atoms with van der Waals surface area (Å²) in [5, 5.41) is 15.3. The average molecular weight is 541 g/mol. The number of benzene rings is 3. The minimum Gasteiger partial charge on any atom is -0.507 e. The fraction of sp³-hybridized carbons (Fsp3) is 0.194. The molecule has 1 amide bonds. The number of carbonyl (C=O) groups excluding carboxylic acids is 2. The molecule has 1 aliphatic heterocycles. The van der Waals surface area contributed by atoms with Crippen LogP contribution in [0, 0.1) is 6.92 Å². The largest absolute Gasteiger partial charge is 0.507 e. The maximum Gasteiger partial charge on any atom is 0.301 e. The Morgan fingerprint density at radius 1 is 0.975 bits per heavy atom. The molecule has 40 heavy (non-hydrogen) atoms. The molecule has 5 rings (SSSR count). The number of hydrogen-bond donors (Lipinski definition) is 1. The molecule has 0 unspecified atom stereocenters. The molecule has 1 fully saturated rings. The quantitative estimate of drug-likeness (QED) is 0.166. The molecule has 1 atom stereocenters. The highest BCUT2D eigenvalue weighted by molar-refractivity contribution is 6.51. The molecule has 0 spiro atoms. The number of carbonyl (C=O) groups is 2. The molecule has 4 aromatic rings. The zero-order chi connectivity index (χ0) is 28.2. The number of ketones is 1. The second-order valence-electron chi connectivity index (χ2n) is 9.11. The number of amides is 1. The summed E-state index contributed by atoms with van der Waals surface area (Å²) in [4.78, 5) is 28.0. The molecular weight excluding hydrogens is 512 g/mol. The molecule has 1 N–H and O–H groups in total. The van der Waals surface area contributed by atoms with Crippen molar-refractivity contribution in [1.82, 2.24) is 5.16 Å². The Morgan fingerprint density at radius 2 is 1.73 bits per heavy atom. The molecule has 9 heteroatoms. The number of ether oxygens (including phenoxy) is 3. The average Bonchev–Trinajstić information content (AvgIpc) is 3.52. The van der Waals surface area contributed by atoms with E-state index in [0.717, 1.165) is 5.56 Å². The number of aliphatic hydroxyl groups excluding tert-OH is 1. The standard InChI is InChI=1S/C31H28N2O7/c1-4-38-23-13-10-21(11-14-23)29(34)27-28(33(31(36)30(27)35)26-16-19(2)40-32-26)22-12-15-24(25(17-22)37-3)39-18-20-8-6-5-7-9-20/h5-17,28,34H,4,18H2,1-3H3/t28-/m0/s1. The predicted molar refractivity (Wildman–Crippen MR) is 147 cm³/mol. The SMILES string of the molecule is CCOc1ccc(C(O)=C2C(=O)C(=O)N(c3cc(C)on3)[C@H]2c2ccc(OCc3ccccc3)c(OC)c2)cc1. The third kappa shape index (κ3) is 5.13. The summed E-state index contributed by atoms with van der Waals surface area (Å²) in [5.41, 5.74) is 1.77. The van der Waals surface area contributed by atoms with Gasteiger partial charge in [0.25, 0.3) is 5.78 Å². The molecule has 0 aliphatic carbocycles. The highest BCUT2D eigenvalue weighted by Gasteiger charge is 2.48.